The van der Waals surface area contributed by atoms with Gasteiger partial charge in [0.1, 0.15) is 0 Å². The molecular weight excluding hydrogens is 420 g/mol. The molecule has 9 heteroatoms. The summed E-state index contributed by atoms with van der Waals surface area (Å²) in [5.74, 6) is 0. The van der Waals surface area contributed by atoms with Crippen LogP contribution in [0.1, 0.15) is 21.5 Å². The fourth-order valence-corrected chi connectivity index (χ4v) is 4.10. The van der Waals surface area contributed by atoms with Crippen molar-refractivity contribution in [1.29, 1.82) is 0 Å². The Morgan fingerprint density at radius 1 is 0.667 bits per heavy atom. The normalized spacial score (nSPS) is 12.1. The zero-order valence-electron chi connectivity index (χ0n) is 15.6. The number of hydrogen-bond acceptors (Lipinski definition) is 1. The first-order valence-corrected chi connectivity index (χ1v) is 9.32. The average Bonchev–Trinajstić information content (AvgIpc) is 2.67. The van der Waals surface area contributed by atoms with E-state index in [-0.39, 0.29) is 18.9 Å². The van der Waals surface area contributed by atoms with Gasteiger partial charge in [-0.3, -0.25) is 4.79 Å². The molecule has 3 aromatic rings. The van der Waals surface area contributed by atoms with Crippen molar-refractivity contribution < 1.29 is 31.1 Å². The number of alkyl halides is 6. The molecule has 30 heavy (non-hydrogen) atoms. The average molecular weight is 433 g/mol. The third kappa shape index (κ3) is 5.34. The minimum atomic E-state index is -5.09. The molecule has 0 aliphatic heterocycles. The van der Waals surface area contributed by atoms with Gasteiger partial charge in [-0.15, -0.1) is 0 Å². The van der Waals surface area contributed by atoms with Gasteiger partial charge in [-0.1, -0.05) is 60.7 Å². The summed E-state index contributed by atoms with van der Waals surface area (Å²) in [6, 6.07) is 16.9. The summed E-state index contributed by atoms with van der Waals surface area (Å²) < 4.78 is 80.1. The zero-order chi connectivity index (χ0) is 21.2. The van der Waals surface area contributed by atoms with E-state index in [1.54, 1.807) is 48.5 Å². The summed E-state index contributed by atoms with van der Waals surface area (Å²) in [6.45, 7) is 0. The Balaban J connectivity index is 0.00000320. The molecule has 0 fully saturated rings. The Labute approximate surface area is 182 Å². The van der Waals surface area contributed by atoms with Crippen molar-refractivity contribution in [3.8, 4) is 11.1 Å². The van der Waals surface area contributed by atoms with Crippen LogP contribution in [0.4, 0.5) is 26.3 Å². The maximum Gasteiger partial charge on any atom is 0.417 e. The van der Waals surface area contributed by atoms with Gasteiger partial charge in [0.25, 0.3) is 0 Å². The number of benzene rings is 3. The Kier molecular flexibility index (Phi) is 7.58. The molecule has 1 atom stereocenters. The second-order valence-electron chi connectivity index (χ2n) is 6.09. The maximum absolute atomic E-state index is 13.3. The fraction of sp³-hybridized carbons (Fsp3) is 0.0952. The fourth-order valence-electron chi connectivity index (χ4n) is 2.92. The minimum absolute atomic E-state index is 0. The van der Waals surface area contributed by atoms with Crippen LogP contribution in [0.25, 0.3) is 11.1 Å². The number of carbonyl (C=O) groups is 1. The van der Waals surface area contributed by atoms with Crippen molar-refractivity contribution >= 4 is 38.3 Å². The molecule has 0 aromatic heterocycles. The van der Waals surface area contributed by atoms with Crippen molar-refractivity contribution in [3.63, 3.8) is 0 Å². The van der Waals surface area contributed by atoms with E-state index in [0.29, 0.717) is 34.6 Å². The summed E-state index contributed by atoms with van der Waals surface area (Å²) >= 11 is 0. The van der Waals surface area contributed by atoms with Crippen molar-refractivity contribution in [3.05, 3.63) is 89.5 Å². The number of hydrogen-bond donors (Lipinski definition) is 0. The van der Waals surface area contributed by atoms with Gasteiger partial charge in [-0.05, 0) is 37.1 Å². The summed E-state index contributed by atoms with van der Waals surface area (Å²) in [6.07, 6.45) is -10.2. The monoisotopic (exact) mass is 433 g/mol. The van der Waals surface area contributed by atoms with Gasteiger partial charge in [0.05, 0.1) is 11.1 Å². The minimum Gasteiger partial charge on any atom is -0.289 e. The predicted molar refractivity (Wildman–Crippen MR) is 106 cm³/mol. The van der Waals surface area contributed by atoms with Crippen LogP contribution in [0.2, 0.25) is 0 Å². The summed E-state index contributed by atoms with van der Waals surface area (Å²) in [5, 5.41) is 0.369. The molecule has 0 N–H and O–H groups in total. The molecule has 3 aromatic carbocycles. The standard InChI is InChI=1S/C21H13F6OP.Li/c22-20(23,24)15-10-6-11-16(21(25,26)27)18(15)19(28)29-17-12-5-4-9-14(17)13-7-2-1-3-8-13;/h1-12,29H;. The molecule has 0 amide bonds. The molecule has 151 valence electrons. The van der Waals surface area contributed by atoms with Gasteiger partial charge in [0, 0.05) is 24.4 Å². The van der Waals surface area contributed by atoms with E-state index in [1.807, 2.05) is 0 Å². The van der Waals surface area contributed by atoms with Gasteiger partial charge in [0.2, 0.25) is 0 Å². The van der Waals surface area contributed by atoms with Gasteiger partial charge in [0.15, 0.2) is 5.52 Å². The van der Waals surface area contributed by atoms with Crippen LogP contribution in [0.3, 0.4) is 0 Å². The Hall–Kier alpha value is -2.06. The molecule has 1 unspecified atom stereocenters. The van der Waals surface area contributed by atoms with Crippen LogP contribution in [0.5, 0.6) is 0 Å². The number of carbonyl (C=O) groups excluding carboxylic acids is 1. The second kappa shape index (κ2) is 9.39. The number of halogens is 6. The van der Waals surface area contributed by atoms with E-state index in [9.17, 15) is 31.1 Å². The van der Waals surface area contributed by atoms with Crippen molar-refractivity contribution in [1.82, 2.24) is 0 Å². The van der Waals surface area contributed by atoms with E-state index in [1.165, 1.54) is 6.07 Å². The van der Waals surface area contributed by atoms with Gasteiger partial charge in [-0.25, -0.2) is 0 Å². The van der Waals surface area contributed by atoms with E-state index >= 15 is 0 Å². The first kappa shape index (κ1) is 24.2. The molecule has 0 spiro atoms. The Morgan fingerprint density at radius 2 is 1.17 bits per heavy atom. The van der Waals surface area contributed by atoms with Crippen molar-refractivity contribution in [2.24, 2.45) is 0 Å². The van der Waals surface area contributed by atoms with Crippen LogP contribution in [-0.2, 0) is 12.4 Å². The Bertz CT molecular complexity index is 999. The third-order valence-corrected chi connectivity index (χ3v) is 5.34. The van der Waals surface area contributed by atoms with E-state index in [0.717, 1.165) is 0 Å². The molecular formula is C21H13F6LiOP. The zero-order valence-corrected chi connectivity index (χ0v) is 16.6. The quantitative estimate of drug-likeness (QED) is 0.274. The molecule has 0 bridgehead atoms. The maximum atomic E-state index is 13.3. The van der Waals surface area contributed by atoms with Crippen molar-refractivity contribution in [2.45, 2.75) is 12.4 Å². The van der Waals surface area contributed by atoms with Crippen LogP contribution < -0.4 is 5.30 Å². The SMILES string of the molecule is O=C(Pc1ccccc1-c1ccccc1)c1c(C(F)(F)F)cccc1C(F)(F)F.[Li]. The van der Waals surface area contributed by atoms with Crippen LogP contribution in [-0.4, -0.2) is 24.4 Å². The number of rotatable bonds is 4. The molecule has 0 saturated heterocycles. The smallest absolute Gasteiger partial charge is 0.289 e. The Morgan fingerprint density at radius 3 is 1.70 bits per heavy atom. The largest absolute Gasteiger partial charge is 0.417 e. The van der Waals surface area contributed by atoms with E-state index in [4.69, 9.17) is 0 Å². The van der Waals surface area contributed by atoms with Crippen LogP contribution in [0.15, 0.2) is 72.8 Å². The molecule has 1 nitrogen and oxygen atoms in total. The third-order valence-electron chi connectivity index (χ3n) is 4.16. The second-order valence-corrected chi connectivity index (χ2v) is 7.33. The van der Waals surface area contributed by atoms with Gasteiger partial charge in [-0.2, -0.15) is 26.3 Å². The summed E-state index contributed by atoms with van der Waals surface area (Å²) in [7, 11) is -0.908. The van der Waals surface area contributed by atoms with E-state index < -0.39 is 43.1 Å². The van der Waals surface area contributed by atoms with Gasteiger partial charge < -0.3 is 0 Å². The van der Waals surface area contributed by atoms with E-state index in [2.05, 4.69) is 0 Å². The van der Waals surface area contributed by atoms with Crippen LogP contribution in [0, 0.1) is 0 Å². The molecule has 0 heterocycles. The molecule has 1 radical (unpaired) electrons. The first-order chi connectivity index (χ1) is 13.6. The molecule has 0 aliphatic rings. The predicted octanol–water partition coefficient (Wildman–Crippen LogP) is 6.15. The molecule has 0 saturated carbocycles. The summed E-state index contributed by atoms with van der Waals surface area (Å²) in [5.41, 5.74) is -4.42. The molecule has 3 rings (SSSR count). The molecule has 0 aliphatic carbocycles. The first-order valence-electron chi connectivity index (χ1n) is 8.32. The summed E-state index contributed by atoms with van der Waals surface area (Å²) in [4.78, 5) is 12.7. The topological polar surface area (TPSA) is 17.1 Å². The van der Waals surface area contributed by atoms with Crippen LogP contribution >= 0.6 is 8.58 Å². The van der Waals surface area contributed by atoms with Gasteiger partial charge >= 0.3 is 12.4 Å². The van der Waals surface area contributed by atoms with Crippen molar-refractivity contribution in [2.75, 3.05) is 0 Å².